The lowest BCUT2D eigenvalue weighted by Gasteiger charge is -2.32. The Labute approximate surface area is 269 Å². The quantitative estimate of drug-likeness (QED) is 0.172. The van der Waals surface area contributed by atoms with E-state index in [1.807, 2.05) is 6.92 Å². The van der Waals surface area contributed by atoms with Gasteiger partial charge in [-0.25, -0.2) is 4.79 Å². The number of hydrogen-bond donors (Lipinski definition) is 4. The van der Waals surface area contributed by atoms with Gasteiger partial charge in [-0.1, -0.05) is 44.2 Å². The molecule has 0 unspecified atom stereocenters. The standard InChI is InChI=1S/C33H46N4O9/c1-8-12-36-28-22-13-18(2)14-26(44-7)31(45-27(39)17-34)21(5)15-20(4)30(46-33(35)42)25(43-6)11-9-10-19(3)32(41)37-23(29(22)40)16-24(28)38/h8-11,15-16,18,21,25-26,30-31,36H,1,12-14,17,34H2,2-7H3,(H2,35,42)(H,37,41)/b11-9-,19-10+,20-15+/t18-,21-,25-,26-,30-,31-/m1/s1. The molecule has 0 aromatic carbocycles. The molecule has 2 bridgehead atoms. The Kier molecular flexibility index (Phi) is 14.8. The molecule has 2 rings (SSSR count). The lowest BCUT2D eigenvalue weighted by Crippen LogP contribution is -2.41. The van der Waals surface area contributed by atoms with Crippen LogP contribution in [-0.4, -0.2) is 81.3 Å². The minimum Gasteiger partial charge on any atom is -0.458 e. The third-order valence-corrected chi connectivity index (χ3v) is 7.62. The van der Waals surface area contributed by atoms with Crippen molar-refractivity contribution in [2.75, 3.05) is 27.3 Å². The highest BCUT2D eigenvalue weighted by atomic mass is 16.6. The molecule has 0 saturated carbocycles. The van der Waals surface area contributed by atoms with Crippen LogP contribution < -0.4 is 22.1 Å². The minimum absolute atomic E-state index is 0.119. The molecule has 0 aromatic heterocycles. The number of rotatable bonds is 8. The van der Waals surface area contributed by atoms with Gasteiger partial charge in [0.25, 0.3) is 5.91 Å². The number of fused-ring (bicyclic) bond motifs is 2. The molecular weight excluding hydrogens is 596 g/mol. The van der Waals surface area contributed by atoms with Gasteiger partial charge in [0.1, 0.15) is 12.2 Å². The van der Waals surface area contributed by atoms with Gasteiger partial charge in [-0.3, -0.25) is 19.2 Å². The van der Waals surface area contributed by atoms with Gasteiger partial charge in [0.05, 0.1) is 24.0 Å². The Hall–Kier alpha value is -4.33. The molecule has 13 heteroatoms. The normalized spacial score (nSPS) is 29.7. The number of nitrogens with two attached hydrogens (primary N) is 2. The van der Waals surface area contributed by atoms with Gasteiger partial charge in [0.2, 0.25) is 11.6 Å². The zero-order valence-corrected chi connectivity index (χ0v) is 27.3. The first-order valence-electron chi connectivity index (χ1n) is 14.9. The second-order valence-electron chi connectivity index (χ2n) is 11.3. The van der Waals surface area contributed by atoms with Crippen LogP contribution in [0.1, 0.15) is 40.5 Å². The monoisotopic (exact) mass is 642 g/mol. The summed E-state index contributed by atoms with van der Waals surface area (Å²) in [5.74, 6) is -3.00. The van der Waals surface area contributed by atoms with Gasteiger partial charge in [0.15, 0.2) is 6.10 Å². The van der Waals surface area contributed by atoms with E-state index in [1.165, 1.54) is 33.3 Å². The number of amides is 2. The number of esters is 1. The third-order valence-electron chi connectivity index (χ3n) is 7.62. The maximum absolute atomic E-state index is 13.7. The second kappa shape index (κ2) is 18.0. The van der Waals surface area contributed by atoms with Crippen molar-refractivity contribution in [3.05, 3.63) is 71.1 Å². The van der Waals surface area contributed by atoms with Crippen molar-refractivity contribution in [3.63, 3.8) is 0 Å². The lowest BCUT2D eigenvalue weighted by molar-refractivity contribution is -0.158. The number of carbonyl (C=O) groups excluding carboxylic acids is 5. The summed E-state index contributed by atoms with van der Waals surface area (Å²) in [6.45, 7) is 10.5. The molecule has 0 spiro atoms. The van der Waals surface area contributed by atoms with Crippen LogP contribution in [0.15, 0.2) is 71.1 Å². The zero-order chi connectivity index (χ0) is 34.6. The summed E-state index contributed by atoms with van der Waals surface area (Å²) in [5, 5.41) is 5.52. The van der Waals surface area contributed by atoms with Crippen molar-refractivity contribution in [3.8, 4) is 0 Å². The molecule has 0 fully saturated rings. The van der Waals surface area contributed by atoms with Gasteiger partial charge in [0, 0.05) is 43.9 Å². The summed E-state index contributed by atoms with van der Waals surface area (Å²) in [4.78, 5) is 64.2. The van der Waals surface area contributed by atoms with E-state index in [1.54, 1.807) is 32.1 Å². The molecule has 1 aliphatic heterocycles. The Morgan fingerprint density at radius 1 is 1.13 bits per heavy atom. The largest absolute Gasteiger partial charge is 0.458 e. The van der Waals surface area contributed by atoms with Crippen molar-refractivity contribution in [2.24, 2.45) is 23.3 Å². The van der Waals surface area contributed by atoms with E-state index in [9.17, 15) is 24.0 Å². The second-order valence-corrected chi connectivity index (χ2v) is 11.3. The smallest absolute Gasteiger partial charge is 0.405 e. The Balaban J connectivity index is 2.73. The summed E-state index contributed by atoms with van der Waals surface area (Å²) < 4.78 is 22.6. The maximum atomic E-state index is 13.7. The van der Waals surface area contributed by atoms with Gasteiger partial charge in [-0.15, -0.1) is 6.58 Å². The van der Waals surface area contributed by atoms with Gasteiger partial charge < -0.3 is 41.0 Å². The maximum Gasteiger partial charge on any atom is 0.405 e. The average Bonchev–Trinajstić information content (AvgIpc) is 3.01. The van der Waals surface area contributed by atoms with Crippen molar-refractivity contribution in [2.45, 2.75) is 65.0 Å². The van der Waals surface area contributed by atoms with E-state index >= 15 is 0 Å². The van der Waals surface area contributed by atoms with Crippen LogP contribution in [0.3, 0.4) is 0 Å². The van der Waals surface area contributed by atoms with Crippen LogP contribution in [0.5, 0.6) is 0 Å². The summed E-state index contributed by atoms with van der Waals surface area (Å²) >= 11 is 0. The summed E-state index contributed by atoms with van der Waals surface area (Å²) in [6.07, 6.45) is 5.07. The number of hydrogen-bond acceptors (Lipinski definition) is 11. The van der Waals surface area contributed by atoms with E-state index in [4.69, 9.17) is 30.4 Å². The molecule has 2 amide bonds. The highest BCUT2D eigenvalue weighted by Crippen LogP contribution is 2.30. The summed E-state index contributed by atoms with van der Waals surface area (Å²) in [5.41, 5.74) is 11.9. The predicted octanol–water partition coefficient (Wildman–Crippen LogP) is 2.05. The molecular formula is C33H46N4O9. The molecule has 0 radical (unpaired) electrons. The zero-order valence-electron chi connectivity index (χ0n) is 27.3. The lowest BCUT2D eigenvalue weighted by atomic mass is 9.85. The van der Waals surface area contributed by atoms with Crippen molar-refractivity contribution >= 4 is 29.5 Å². The van der Waals surface area contributed by atoms with Crippen LogP contribution >= 0.6 is 0 Å². The number of allylic oxidation sites excluding steroid dienone is 4. The number of ether oxygens (including phenoxy) is 4. The molecule has 13 nitrogen and oxygen atoms in total. The van der Waals surface area contributed by atoms with Crippen molar-refractivity contribution in [1.29, 1.82) is 0 Å². The molecule has 2 aliphatic rings. The Morgan fingerprint density at radius 2 is 1.83 bits per heavy atom. The first-order valence-corrected chi connectivity index (χ1v) is 14.9. The van der Waals surface area contributed by atoms with E-state index in [2.05, 4.69) is 17.2 Å². The molecule has 1 aliphatic carbocycles. The molecule has 1 heterocycles. The fourth-order valence-electron chi connectivity index (χ4n) is 5.32. The van der Waals surface area contributed by atoms with Gasteiger partial charge >= 0.3 is 12.1 Å². The van der Waals surface area contributed by atoms with E-state index in [0.29, 0.717) is 12.0 Å². The van der Waals surface area contributed by atoms with Crippen LogP contribution in [-0.2, 0) is 38.1 Å². The topological polar surface area (TPSA) is 198 Å². The van der Waals surface area contributed by atoms with E-state index < -0.39 is 59.9 Å². The van der Waals surface area contributed by atoms with Crippen molar-refractivity contribution in [1.82, 2.24) is 10.6 Å². The minimum atomic E-state index is -1.03. The highest BCUT2D eigenvalue weighted by molar-refractivity contribution is 6.23. The van der Waals surface area contributed by atoms with Crippen LogP contribution in [0.25, 0.3) is 0 Å². The molecule has 6 atom stereocenters. The average molecular weight is 643 g/mol. The van der Waals surface area contributed by atoms with Crippen LogP contribution in [0.2, 0.25) is 0 Å². The fraction of sp³-hybridized carbons (Fsp3) is 0.485. The molecule has 6 N–H and O–H groups in total. The third kappa shape index (κ3) is 10.4. The predicted molar refractivity (Wildman–Crippen MR) is 171 cm³/mol. The van der Waals surface area contributed by atoms with Crippen molar-refractivity contribution < 1.29 is 42.9 Å². The summed E-state index contributed by atoms with van der Waals surface area (Å²) in [6, 6.07) is 0. The first kappa shape index (κ1) is 37.9. The summed E-state index contributed by atoms with van der Waals surface area (Å²) in [7, 11) is 2.89. The van der Waals surface area contributed by atoms with E-state index in [-0.39, 0.29) is 48.0 Å². The number of primary amides is 1. The highest BCUT2D eigenvalue weighted by Gasteiger charge is 2.35. The number of Topliss-reactive ketones (excluding diaryl/α,β-unsaturated/α-hetero) is 1. The van der Waals surface area contributed by atoms with E-state index in [0.717, 1.165) is 6.08 Å². The van der Waals surface area contributed by atoms with Crippen LogP contribution in [0.4, 0.5) is 4.79 Å². The van der Waals surface area contributed by atoms with Crippen LogP contribution in [0, 0.1) is 11.8 Å². The first-order chi connectivity index (χ1) is 21.8. The molecule has 0 saturated heterocycles. The SMILES string of the molecule is C=CCNC1=C2C[C@@H](C)C[C@@H](OC)[C@H](OC(=O)CN)[C@H](C)/C=C(\C)[C@@H](OC(N)=O)[C@H](OC)/C=C\C=C(/C)C(=O)NC(=CC1=O)C2=O. The number of carbonyl (C=O) groups is 5. The van der Waals surface area contributed by atoms with Gasteiger partial charge in [-0.2, -0.15) is 0 Å². The number of ketones is 2. The fourth-order valence-corrected chi connectivity index (χ4v) is 5.32. The Bertz CT molecular complexity index is 1340. The molecule has 46 heavy (non-hydrogen) atoms. The van der Waals surface area contributed by atoms with Gasteiger partial charge in [-0.05, 0) is 38.2 Å². The number of nitrogens with one attached hydrogen (secondary N) is 2. The Morgan fingerprint density at radius 3 is 2.41 bits per heavy atom. The molecule has 252 valence electrons. The molecule has 0 aromatic rings. The number of methoxy groups -OCH3 is 2.